The average molecular weight is 498 g/mol. The molecule has 3 aromatic heterocycles. The van der Waals surface area contributed by atoms with Crippen LogP contribution in [-0.4, -0.2) is 54.5 Å². The van der Waals surface area contributed by atoms with Crippen LogP contribution in [0.4, 0.5) is 0 Å². The Morgan fingerprint density at radius 1 is 1.09 bits per heavy atom. The van der Waals surface area contributed by atoms with E-state index in [0.717, 1.165) is 5.69 Å². The zero-order chi connectivity index (χ0) is 25.5. The monoisotopic (exact) mass is 497 g/mol. The van der Waals surface area contributed by atoms with Gasteiger partial charge >= 0.3 is 0 Å². The molecule has 0 aliphatic carbocycles. The van der Waals surface area contributed by atoms with Gasteiger partial charge in [-0.2, -0.15) is 0 Å². The minimum atomic E-state index is -1.63. The molecule has 3 heterocycles. The summed E-state index contributed by atoms with van der Waals surface area (Å²) in [5, 5.41) is 31.2. The molecule has 10 heteroatoms. The summed E-state index contributed by atoms with van der Waals surface area (Å²) < 4.78 is 12.7. The smallest absolute Gasteiger partial charge is 0.258 e. The SMILES string of the molecule is COc1nc2ccc([C@](O)(c3ccc(C)nc3C)c3cnnn3C)cc2c(Cl)c1OCC(C)(C)O. The van der Waals surface area contributed by atoms with Gasteiger partial charge in [-0.3, -0.25) is 4.98 Å². The van der Waals surface area contributed by atoms with E-state index in [0.29, 0.717) is 33.4 Å². The summed E-state index contributed by atoms with van der Waals surface area (Å²) in [6.07, 6.45) is 1.52. The van der Waals surface area contributed by atoms with Crippen LogP contribution >= 0.6 is 11.6 Å². The first kappa shape index (κ1) is 24.8. The standard InChI is InChI=1S/C25H28ClN5O4/c1-14-7-9-18(15(2)28-14)25(33,20-12-27-30-31(20)5)16-8-10-19-17(11-16)21(26)22(23(29-19)34-6)35-13-24(3,4)32/h7-12,32-33H,13H2,1-6H3/t25-/m0/s1. The van der Waals surface area contributed by atoms with Crippen molar-refractivity contribution in [3.05, 3.63) is 69.8 Å². The van der Waals surface area contributed by atoms with Crippen LogP contribution in [0.15, 0.2) is 36.5 Å². The van der Waals surface area contributed by atoms with Crippen molar-refractivity contribution in [2.45, 2.75) is 38.9 Å². The quantitative estimate of drug-likeness (QED) is 0.399. The predicted molar refractivity (Wildman–Crippen MR) is 132 cm³/mol. The molecule has 0 fully saturated rings. The second-order valence-corrected chi connectivity index (χ2v) is 9.51. The molecule has 0 saturated carbocycles. The van der Waals surface area contributed by atoms with Crippen molar-refractivity contribution < 1.29 is 19.7 Å². The van der Waals surface area contributed by atoms with E-state index in [9.17, 15) is 10.2 Å². The molecular weight excluding hydrogens is 470 g/mol. The highest BCUT2D eigenvalue weighted by atomic mass is 35.5. The topological polar surface area (TPSA) is 115 Å². The zero-order valence-corrected chi connectivity index (χ0v) is 21.3. The fourth-order valence-corrected chi connectivity index (χ4v) is 4.34. The number of rotatable bonds is 7. The van der Waals surface area contributed by atoms with Crippen molar-refractivity contribution in [3.63, 3.8) is 0 Å². The Kier molecular flexibility index (Phi) is 6.44. The Labute approximate surface area is 208 Å². The number of benzene rings is 1. The Bertz CT molecular complexity index is 1400. The van der Waals surface area contributed by atoms with Crippen molar-refractivity contribution in [1.29, 1.82) is 0 Å². The van der Waals surface area contributed by atoms with E-state index in [-0.39, 0.29) is 23.3 Å². The third kappa shape index (κ3) is 4.54. The molecule has 35 heavy (non-hydrogen) atoms. The third-order valence-corrected chi connectivity index (χ3v) is 6.10. The lowest BCUT2D eigenvalue weighted by Crippen LogP contribution is -2.32. The molecule has 4 aromatic rings. The molecule has 0 aliphatic heterocycles. The van der Waals surface area contributed by atoms with Crippen molar-refractivity contribution in [1.82, 2.24) is 25.0 Å². The third-order valence-electron chi connectivity index (χ3n) is 5.73. The average Bonchev–Trinajstić information content (AvgIpc) is 3.23. The van der Waals surface area contributed by atoms with Crippen molar-refractivity contribution in [2.24, 2.45) is 7.05 Å². The number of methoxy groups -OCH3 is 1. The molecule has 184 valence electrons. The Morgan fingerprint density at radius 3 is 2.43 bits per heavy atom. The number of fused-ring (bicyclic) bond motifs is 1. The normalized spacial score (nSPS) is 13.6. The summed E-state index contributed by atoms with van der Waals surface area (Å²) in [5.74, 6) is 0.407. The molecule has 2 N–H and O–H groups in total. The van der Waals surface area contributed by atoms with Crippen LogP contribution in [-0.2, 0) is 12.6 Å². The minimum absolute atomic E-state index is 0.0190. The molecule has 9 nitrogen and oxygen atoms in total. The van der Waals surface area contributed by atoms with Gasteiger partial charge in [0.2, 0.25) is 5.75 Å². The first-order chi connectivity index (χ1) is 16.5. The number of pyridine rings is 2. The maximum atomic E-state index is 12.3. The first-order valence-corrected chi connectivity index (χ1v) is 11.4. The lowest BCUT2D eigenvalue weighted by Gasteiger charge is -2.30. The lowest BCUT2D eigenvalue weighted by atomic mass is 9.82. The Morgan fingerprint density at radius 2 is 1.83 bits per heavy atom. The highest BCUT2D eigenvalue weighted by molar-refractivity contribution is 6.37. The Balaban J connectivity index is 1.96. The second kappa shape index (κ2) is 9.07. The van der Waals surface area contributed by atoms with Crippen LogP contribution in [0.1, 0.15) is 42.1 Å². The van der Waals surface area contributed by atoms with Gasteiger partial charge in [-0.15, -0.1) is 5.10 Å². The number of nitrogens with zero attached hydrogens (tertiary/aromatic N) is 5. The van der Waals surface area contributed by atoms with Gasteiger partial charge < -0.3 is 19.7 Å². The molecular formula is C25H28ClN5O4. The van der Waals surface area contributed by atoms with Gasteiger partial charge in [-0.25, -0.2) is 9.67 Å². The van der Waals surface area contributed by atoms with Gasteiger partial charge in [0, 0.05) is 29.4 Å². The summed E-state index contributed by atoms with van der Waals surface area (Å²) in [4.78, 5) is 9.08. The van der Waals surface area contributed by atoms with E-state index in [4.69, 9.17) is 21.1 Å². The van der Waals surface area contributed by atoms with Gasteiger partial charge in [0.1, 0.15) is 6.61 Å². The highest BCUT2D eigenvalue weighted by Crippen LogP contribution is 2.43. The molecule has 1 aromatic carbocycles. The van der Waals surface area contributed by atoms with Crippen molar-refractivity contribution in [3.8, 4) is 11.6 Å². The summed E-state index contributed by atoms with van der Waals surface area (Å²) in [6.45, 7) is 6.97. The van der Waals surface area contributed by atoms with Crippen LogP contribution in [0.5, 0.6) is 11.6 Å². The molecule has 0 amide bonds. The van der Waals surface area contributed by atoms with Gasteiger partial charge in [-0.05, 0) is 51.5 Å². The number of halogens is 1. The lowest BCUT2D eigenvalue weighted by molar-refractivity contribution is 0.0275. The zero-order valence-electron chi connectivity index (χ0n) is 20.5. The molecule has 1 atom stereocenters. The van der Waals surface area contributed by atoms with Crippen molar-refractivity contribution >= 4 is 22.5 Å². The predicted octanol–water partition coefficient (Wildman–Crippen LogP) is 3.47. The maximum Gasteiger partial charge on any atom is 0.258 e. The van der Waals surface area contributed by atoms with Crippen LogP contribution in [0, 0.1) is 13.8 Å². The van der Waals surface area contributed by atoms with Crippen LogP contribution in [0.25, 0.3) is 10.9 Å². The molecule has 0 spiro atoms. The molecule has 4 rings (SSSR count). The van der Waals surface area contributed by atoms with E-state index in [1.54, 1.807) is 39.1 Å². The van der Waals surface area contributed by atoms with Crippen LogP contribution < -0.4 is 9.47 Å². The maximum absolute atomic E-state index is 12.3. The van der Waals surface area contributed by atoms with Crippen LogP contribution in [0.2, 0.25) is 5.02 Å². The molecule has 0 unspecified atom stereocenters. The molecule has 0 saturated heterocycles. The fourth-order valence-electron chi connectivity index (χ4n) is 4.05. The van der Waals surface area contributed by atoms with Crippen LogP contribution in [0.3, 0.4) is 0 Å². The summed E-state index contributed by atoms with van der Waals surface area (Å²) in [7, 11) is 3.18. The second-order valence-electron chi connectivity index (χ2n) is 9.14. The van der Waals surface area contributed by atoms with E-state index in [1.165, 1.54) is 18.0 Å². The van der Waals surface area contributed by atoms with Gasteiger partial charge in [0.25, 0.3) is 5.88 Å². The number of aryl methyl sites for hydroxylation is 3. The Hall–Kier alpha value is -3.27. The first-order valence-electron chi connectivity index (χ1n) is 11.0. The van der Waals surface area contributed by atoms with E-state index >= 15 is 0 Å². The largest absolute Gasteiger partial charge is 0.484 e. The number of ether oxygens (including phenoxy) is 2. The van der Waals surface area contributed by atoms with E-state index < -0.39 is 11.2 Å². The fraction of sp³-hybridized carbons (Fsp3) is 0.360. The summed E-state index contributed by atoms with van der Waals surface area (Å²) in [6, 6.07) is 8.98. The summed E-state index contributed by atoms with van der Waals surface area (Å²) in [5.41, 5.74) is 0.903. The van der Waals surface area contributed by atoms with Gasteiger partial charge in [0.05, 0.1) is 35.1 Å². The minimum Gasteiger partial charge on any atom is -0.484 e. The highest BCUT2D eigenvalue weighted by Gasteiger charge is 2.39. The van der Waals surface area contributed by atoms with Gasteiger partial charge in [0.15, 0.2) is 5.60 Å². The number of hydrogen-bond donors (Lipinski definition) is 2. The molecule has 0 bridgehead atoms. The number of hydrogen-bond acceptors (Lipinski definition) is 8. The molecule has 0 radical (unpaired) electrons. The van der Waals surface area contributed by atoms with E-state index in [2.05, 4.69) is 20.3 Å². The van der Waals surface area contributed by atoms with Crippen molar-refractivity contribution in [2.75, 3.05) is 13.7 Å². The number of aliphatic hydroxyl groups is 2. The van der Waals surface area contributed by atoms with E-state index in [1.807, 2.05) is 26.0 Å². The van der Waals surface area contributed by atoms with Gasteiger partial charge in [-0.1, -0.05) is 28.9 Å². The molecule has 0 aliphatic rings. The number of aromatic nitrogens is 5. The summed E-state index contributed by atoms with van der Waals surface area (Å²) >= 11 is 6.78.